The fourth-order valence-corrected chi connectivity index (χ4v) is 5.05. The second-order valence-corrected chi connectivity index (χ2v) is 8.57. The van der Waals surface area contributed by atoms with Gasteiger partial charge in [0, 0.05) is 31.7 Å². The number of amides is 1. The Hall–Kier alpha value is -1.89. The van der Waals surface area contributed by atoms with Crippen molar-refractivity contribution < 1.29 is 13.2 Å². The molecule has 0 N–H and O–H groups in total. The minimum atomic E-state index is -3.62. The van der Waals surface area contributed by atoms with E-state index in [1.54, 1.807) is 18.2 Å². The van der Waals surface area contributed by atoms with Gasteiger partial charge in [0.2, 0.25) is 5.91 Å². The highest BCUT2D eigenvalue weighted by atomic mass is 32.2. The smallest absolute Gasteiger partial charge is 0.285 e. The van der Waals surface area contributed by atoms with E-state index in [4.69, 9.17) is 0 Å². The average molecular weight is 378 g/mol. The number of benzene rings is 1. The largest absolute Gasteiger partial charge is 0.355 e. The van der Waals surface area contributed by atoms with Crippen LogP contribution in [0.5, 0.6) is 0 Å². The van der Waals surface area contributed by atoms with Gasteiger partial charge >= 0.3 is 0 Å². The Morgan fingerprint density at radius 2 is 1.92 bits per heavy atom. The monoisotopic (exact) mass is 377 g/mol. The minimum Gasteiger partial charge on any atom is -0.355 e. The minimum absolute atomic E-state index is 0.0972. The maximum Gasteiger partial charge on any atom is 0.285 e. The molecule has 2 heterocycles. The molecule has 0 aliphatic carbocycles. The van der Waals surface area contributed by atoms with Gasteiger partial charge in [0.1, 0.15) is 4.90 Å². The zero-order chi connectivity index (χ0) is 18.7. The predicted octanol–water partition coefficient (Wildman–Crippen LogP) is 2.50. The number of amidine groups is 1. The van der Waals surface area contributed by atoms with Crippen molar-refractivity contribution in [1.82, 2.24) is 9.80 Å². The van der Waals surface area contributed by atoms with Gasteiger partial charge in [-0.15, -0.1) is 4.40 Å². The van der Waals surface area contributed by atoms with Crippen molar-refractivity contribution in [3.8, 4) is 0 Å². The highest BCUT2D eigenvalue weighted by Gasteiger charge is 2.36. The number of rotatable bonds is 5. The fourth-order valence-electron chi connectivity index (χ4n) is 3.82. The van der Waals surface area contributed by atoms with Crippen molar-refractivity contribution in [2.45, 2.75) is 44.4 Å². The third-order valence-corrected chi connectivity index (χ3v) is 6.31. The summed E-state index contributed by atoms with van der Waals surface area (Å²) in [5.41, 5.74) is 0.652. The average Bonchev–Trinajstić information content (AvgIpc) is 2.93. The Kier molecular flexibility index (Phi) is 5.65. The van der Waals surface area contributed by atoms with Crippen molar-refractivity contribution in [2.75, 3.05) is 26.2 Å². The molecule has 2 aliphatic rings. The first-order valence-electron chi connectivity index (χ1n) is 9.46. The van der Waals surface area contributed by atoms with E-state index in [1.807, 2.05) is 15.9 Å². The van der Waals surface area contributed by atoms with E-state index in [0.29, 0.717) is 17.9 Å². The SMILES string of the molecule is CCCN(CCC)C(=O)[C@@H]1CCCN(C2=NS(=O)(=O)c3ccccc32)C1. The van der Waals surface area contributed by atoms with E-state index in [0.717, 1.165) is 45.3 Å². The lowest BCUT2D eigenvalue weighted by Gasteiger charge is -2.36. The molecule has 2 aliphatic heterocycles. The number of carbonyl (C=O) groups is 1. The molecule has 1 aromatic carbocycles. The van der Waals surface area contributed by atoms with Gasteiger partial charge in [0.05, 0.1) is 5.92 Å². The summed E-state index contributed by atoms with van der Waals surface area (Å²) in [4.78, 5) is 17.1. The van der Waals surface area contributed by atoms with Crippen molar-refractivity contribution in [3.05, 3.63) is 29.8 Å². The number of hydrogen-bond donors (Lipinski definition) is 0. The van der Waals surface area contributed by atoms with Crippen LogP contribution in [0.2, 0.25) is 0 Å². The maximum absolute atomic E-state index is 13.0. The first kappa shape index (κ1) is 18.9. The summed E-state index contributed by atoms with van der Waals surface area (Å²) in [5.74, 6) is 0.587. The van der Waals surface area contributed by atoms with E-state index < -0.39 is 10.0 Å². The molecule has 0 aromatic heterocycles. The lowest BCUT2D eigenvalue weighted by atomic mass is 9.95. The van der Waals surface area contributed by atoms with Gasteiger partial charge in [-0.1, -0.05) is 26.0 Å². The fraction of sp³-hybridized carbons (Fsp3) is 0.579. The quantitative estimate of drug-likeness (QED) is 0.790. The number of sulfonamides is 1. The van der Waals surface area contributed by atoms with E-state index in [2.05, 4.69) is 18.2 Å². The number of hydrogen-bond acceptors (Lipinski definition) is 4. The molecule has 6 nitrogen and oxygen atoms in total. The molecule has 142 valence electrons. The molecule has 0 saturated carbocycles. The van der Waals surface area contributed by atoms with Crippen LogP contribution in [0.15, 0.2) is 33.6 Å². The van der Waals surface area contributed by atoms with Crippen LogP contribution < -0.4 is 0 Å². The summed E-state index contributed by atoms with van der Waals surface area (Å²) < 4.78 is 28.6. The predicted molar refractivity (Wildman–Crippen MR) is 102 cm³/mol. The van der Waals surface area contributed by atoms with Crippen molar-refractivity contribution in [2.24, 2.45) is 10.3 Å². The molecule has 3 rings (SSSR count). The zero-order valence-corrected chi connectivity index (χ0v) is 16.3. The molecule has 0 spiro atoms. The van der Waals surface area contributed by atoms with E-state index >= 15 is 0 Å². The highest BCUT2D eigenvalue weighted by molar-refractivity contribution is 7.90. The van der Waals surface area contributed by atoms with Crippen LogP contribution >= 0.6 is 0 Å². The summed E-state index contributed by atoms with van der Waals surface area (Å²) in [6.07, 6.45) is 3.60. The molecule has 0 radical (unpaired) electrons. The van der Waals surface area contributed by atoms with Crippen LogP contribution in [0, 0.1) is 5.92 Å². The highest BCUT2D eigenvalue weighted by Crippen LogP contribution is 2.30. The van der Waals surface area contributed by atoms with Gasteiger partial charge in [-0.25, -0.2) is 0 Å². The number of likely N-dealkylation sites (tertiary alicyclic amines) is 1. The van der Waals surface area contributed by atoms with E-state index in [9.17, 15) is 13.2 Å². The number of piperidine rings is 1. The Morgan fingerprint density at radius 1 is 1.23 bits per heavy atom. The molecule has 0 unspecified atom stereocenters. The number of fused-ring (bicyclic) bond motifs is 1. The van der Waals surface area contributed by atoms with Gasteiger partial charge < -0.3 is 9.80 Å². The summed E-state index contributed by atoms with van der Waals surface area (Å²) in [6.45, 7) is 6.98. The summed E-state index contributed by atoms with van der Waals surface area (Å²) in [6, 6.07) is 6.93. The Bertz CT molecular complexity index is 798. The zero-order valence-electron chi connectivity index (χ0n) is 15.5. The van der Waals surface area contributed by atoms with Crippen LogP contribution in [0.25, 0.3) is 0 Å². The molecule has 1 atom stereocenters. The first-order chi connectivity index (χ1) is 12.5. The Labute approximate surface area is 156 Å². The molecule has 7 heteroatoms. The summed E-state index contributed by atoms with van der Waals surface area (Å²) >= 11 is 0. The van der Waals surface area contributed by atoms with Gasteiger partial charge in [-0.2, -0.15) is 8.42 Å². The van der Waals surface area contributed by atoms with E-state index in [1.165, 1.54) is 0 Å². The van der Waals surface area contributed by atoms with Gasteiger partial charge in [-0.3, -0.25) is 4.79 Å². The lowest BCUT2D eigenvalue weighted by molar-refractivity contribution is -0.136. The molecule has 26 heavy (non-hydrogen) atoms. The summed E-state index contributed by atoms with van der Waals surface area (Å²) in [7, 11) is -3.62. The first-order valence-corrected chi connectivity index (χ1v) is 10.9. The van der Waals surface area contributed by atoms with Crippen LogP contribution in [-0.2, 0) is 14.8 Å². The maximum atomic E-state index is 13.0. The van der Waals surface area contributed by atoms with E-state index in [-0.39, 0.29) is 16.7 Å². The van der Waals surface area contributed by atoms with Crippen LogP contribution in [0.3, 0.4) is 0 Å². The molecule has 1 amide bonds. The van der Waals surface area contributed by atoms with Gasteiger partial charge in [0.25, 0.3) is 10.0 Å². The normalized spacial score (nSPS) is 21.2. The van der Waals surface area contributed by atoms with Gasteiger partial charge in [0.15, 0.2) is 5.84 Å². The summed E-state index contributed by atoms with van der Waals surface area (Å²) in [5, 5.41) is 0. The molecular weight excluding hydrogens is 350 g/mol. The number of carbonyl (C=O) groups excluding carboxylic acids is 1. The third kappa shape index (κ3) is 3.63. The second-order valence-electron chi connectivity index (χ2n) is 7.00. The van der Waals surface area contributed by atoms with Gasteiger partial charge in [-0.05, 0) is 37.8 Å². The van der Waals surface area contributed by atoms with Crippen LogP contribution in [0.4, 0.5) is 0 Å². The van der Waals surface area contributed by atoms with Crippen LogP contribution in [-0.4, -0.2) is 56.1 Å². The Morgan fingerprint density at radius 3 is 2.62 bits per heavy atom. The third-order valence-electron chi connectivity index (χ3n) is 4.98. The number of nitrogens with zero attached hydrogens (tertiary/aromatic N) is 3. The molecular formula is C19H27N3O3S. The molecule has 0 bridgehead atoms. The van der Waals surface area contributed by atoms with Crippen molar-refractivity contribution >= 4 is 21.8 Å². The Balaban J connectivity index is 1.80. The standard InChI is InChI=1S/C19H27N3O3S/c1-3-11-21(12-4-2)19(23)15-8-7-13-22(14-15)18-16-9-5-6-10-17(16)26(24,25)20-18/h5-6,9-10,15H,3-4,7-8,11-14H2,1-2H3/t15-/m1/s1. The molecule has 1 saturated heterocycles. The topological polar surface area (TPSA) is 70.1 Å². The lowest BCUT2D eigenvalue weighted by Crippen LogP contribution is -2.47. The van der Waals surface area contributed by atoms with Crippen LogP contribution in [0.1, 0.15) is 45.1 Å². The van der Waals surface area contributed by atoms with Crippen molar-refractivity contribution in [1.29, 1.82) is 0 Å². The van der Waals surface area contributed by atoms with Crippen molar-refractivity contribution in [3.63, 3.8) is 0 Å². The molecule has 1 aromatic rings. The second kappa shape index (κ2) is 7.78. The molecule has 1 fully saturated rings.